The first-order valence-corrected chi connectivity index (χ1v) is 8.01. The van der Waals surface area contributed by atoms with Gasteiger partial charge in [-0.25, -0.2) is 21.9 Å². The smallest absolute Gasteiger partial charge is 0.338 e. The lowest BCUT2D eigenvalue weighted by Gasteiger charge is -2.19. The van der Waals surface area contributed by atoms with Crippen molar-refractivity contribution in [2.75, 3.05) is 13.6 Å². The van der Waals surface area contributed by atoms with Gasteiger partial charge in [-0.1, -0.05) is 13.8 Å². The van der Waals surface area contributed by atoms with Crippen LogP contribution in [-0.4, -0.2) is 37.4 Å². The second kappa shape index (κ2) is 6.53. The Kier molecular flexibility index (Phi) is 5.47. The Balaban J connectivity index is 3.23. The molecule has 0 aromatic heterocycles. The van der Waals surface area contributed by atoms with Crippen molar-refractivity contribution >= 4 is 16.0 Å². The first kappa shape index (κ1) is 17.6. The Hall–Kier alpha value is -1.47. The molecule has 0 aliphatic heterocycles. The lowest BCUT2D eigenvalue weighted by molar-refractivity contribution is 0.0691. The van der Waals surface area contributed by atoms with Gasteiger partial charge in [0.2, 0.25) is 10.0 Å². The monoisotopic (exact) mass is 317 g/mol. The molecule has 0 saturated carbocycles. The zero-order valence-electron chi connectivity index (χ0n) is 12.6. The summed E-state index contributed by atoms with van der Waals surface area (Å²) in [6.45, 7) is 5.61. The quantitative estimate of drug-likeness (QED) is 0.875. The molecule has 118 valence electrons. The summed E-state index contributed by atoms with van der Waals surface area (Å²) in [6.07, 6.45) is 0.682. The predicted molar refractivity (Wildman–Crippen MR) is 77.4 cm³/mol. The highest BCUT2D eigenvalue weighted by molar-refractivity contribution is 7.89. The number of hydrogen-bond donors (Lipinski definition) is 1. The molecule has 1 N–H and O–H groups in total. The van der Waals surface area contributed by atoms with Gasteiger partial charge >= 0.3 is 5.97 Å². The van der Waals surface area contributed by atoms with Crippen molar-refractivity contribution in [3.63, 3.8) is 0 Å². The number of carboxylic acid groups (broad SMARTS) is 1. The Morgan fingerprint density at radius 2 is 1.95 bits per heavy atom. The number of aromatic carboxylic acids is 1. The Bertz CT molecular complexity index is 641. The van der Waals surface area contributed by atoms with E-state index in [0.29, 0.717) is 18.9 Å². The minimum atomic E-state index is -3.83. The number of rotatable bonds is 6. The maximum absolute atomic E-state index is 13.7. The molecule has 0 atom stereocenters. The number of aryl methyl sites for hydroxylation is 1. The Morgan fingerprint density at radius 3 is 2.43 bits per heavy atom. The number of carbonyl (C=O) groups is 1. The SMILES string of the molecule is Cc1cc(S(=O)(=O)N(C)CCC(C)C)cc(C(=O)O)c1F. The summed E-state index contributed by atoms with van der Waals surface area (Å²) in [6, 6.07) is 2.02. The van der Waals surface area contributed by atoms with Crippen LogP contribution in [0.1, 0.15) is 36.2 Å². The Labute approximate surface area is 124 Å². The van der Waals surface area contributed by atoms with E-state index in [2.05, 4.69) is 0 Å². The van der Waals surface area contributed by atoms with E-state index in [0.717, 1.165) is 16.4 Å². The van der Waals surface area contributed by atoms with E-state index in [1.165, 1.54) is 14.0 Å². The molecule has 0 aliphatic rings. The summed E-state index contributed by atoms with van der Waals surface area (Å²) in [5.74, 6) is -2.06. The van der Waals surface area contributed by atoms with Crippen molar-refractivity contribution in [2.45, 2.75) is 32.1 Å². The van der Waals surface area contributed by atoms with Crippen molar-refractivity contribution in [1.29, 1.82) is 0 Å². The number of benzene rings is 1. The molecule has 0 heterocycles. The molecule has 0 bridgehead atoms. The molecule has 0 fully saturated rings. The van der Waals surface area contributed by atoms with Crippen molar-refractivity contribution in [2.24, 2.45) is 5.92 Å². The maximum atomic E-state index is 13.7. The molecule has 0 unspecified atom stereocenters. The van der Waals surface area contributed by atoms with Crippen LogP contribution in [0.4, 0.5) is 4.39 Å². The van der Waals surface area contributed by atoms with Crippen molar-refractivity contribution < 1.29 is 22.7 Å². The van der Waals surface area contributed by atoms with Gasteiger partial charge in [0.25, 0.3) is 0 Å². The van der Waals surface area contributed by atoms with E-state index in [-0.39, 0.29) is 10.5 Å². The summed E-state index contributed by atoms with van der Waals surface area (Å²) in [7, 11) is -2.40. The molecule has 0 saturated heterocycles. The Morgan fingerprint density at radius 1 is 1.38 bits per heavy atom. The highest BCUT2D eigenvalue weighted by atomic mass is 32.2. The van der Waals surface area contributed by atoms with Crippen LogP contribution in [0.25, 0.3) is 0 Å². The standard InChI is InChI=1S/C14H20FNO4S/c1-9(2)5-6-16(4)21(19,20)11-7-10(3)13(15)12(8-11)14(17)18/h7-9H,5-6H2,1-4H3,(H,17,18). The van der Waals surface area contributed by atoms with Gasteiger partial charge in [0.05, 0.1) is 10.5 Å². The lowest BCUT2D eigenvalue weighted by atomic mass is 10.1. The second-order valence-electron chi connectivity index (χ2n) is 5.42. The van der Waals surface area contributed by atoms with Crippen molar-refractivity contribution in [1.82, 2.24) is 4.31 Å². The molecule has 21 heavy (non-hydrogen) atoms. The summed E-state index contributed by atoms with van der Waals surface area (Å²) in [4.78, 5) is 10.8. The molecule has 1 aromatic rings. The molecule has 0 spiro atoms. The zero-order valence-corrected chi connectivity index (χ0v) is 13.4. The fourth-order valence-electron chi connectivity index (χ4n) is 1.78. The second-order valence-corrected chi connectivity index (χ2v) is 7.46. The molecule has 1 rings (SSSR count). The summed E-state index contributed by atoms with van der Waals surface area (Å²) < 4.78 is 39.6. The predicted octanol–water partition coefficient (Wildman–Crippen LogP) is 2.50. The van der Waals surface area contributed by atoms with E-state index in [1.54, 1.807) is 0 Å². The van der Waals surface area contributed by atoms with Gasteiger partial charge in [-0.05, 0) is 37.0 Å². The third kappa shape index (κ3) is 4.01. The number of halogens is 1. The molecule has 0 amide bonds. The molecule has 5 nitrogen and oxygen atoms in total. The van der Waals surface area contributed by atoms with Crippen LogP contribution in [0.3, 0.4) is 0 Å². The van der Waals surface area contributed by atoms with Crippen LogP contribution in [0.5, 0.6) is 0 Å². The summed E-state index contributed by atoms with van der Waals surface area (Å²) >= 11 is 0. The van der Waals surface area contributed by atoms with E-state index in [9.17, 15) is 17.6 Å². The first-order chi connectivity index (χ1) is 9.57. The average Bonchev–Trinajstić information content (AvgIpc) is 2.38. The minimum absolute atomic E-state index is 0.00858. The average molecular weight is 317 g/mol. The van der Waals surface area contributed by atoms with Gasteiger partial charge < -0.3 is 5.11 Å². The normalized spacial score (nSPS) is 12.1. The highest BCUT2D eigenvalue weighted by Gasteiger charge is 2.24. The van der Waals surface area contributed by atoms with Gasteiger partial charge in [-0.15, -0.1) is 0 Å². The molecular weight excluding hydrogens is 297 g/mol. The number of carboxylic acids is 1. The number of nitrogens with zero attached hydrogens (tertiary/aromatic N) is 1. The van der Waals surface area contributed by atoms with E-state index < -0.39 is 27.4 Å². The minimum Gasteiger partial charge on any atom is -0.478 e. The summed E-state index contributed by atoms with van der Waals surface area (Å²) in [5, 5.41) is 8.95. The summed E-state index contributed by atoms with van der Waals surface area (Å²) in [5.41, 5.74) is -0.642. The van der Waals surface area contributed by atoms with Crippen molar-refractivity contribution in [3.8, 4) is 0 Å². The van der Waals surface area contributed by atoms with Gasteiger partial charge in [0.1, 0.15) is 5.82 Å². The third-order valence-electron chi connectivity index (χ3n) is 3.19. The van der Waals surface area contributed by atoms with Crippen LogP contribution in [0.15, 0.2) is 17.0 Å². The van der Waals surface area contributed by atoms with E-state index >= 15 is 0 Å². The van der Waals surface area contributed by atoms with Crippen LogP contribution < -0.4 is 0 Å². The fourth-order valence-corrected chi connectivity index (χ4v) is 3.08. The van der Waals surface area contributed by atoms with E-state index in [1.807, 2.05) is 13.8 Å². The van der Waals surface area contributed by atoms with Gasteiger partial charge in [-0.3, -0.25) is 0 Å². The van der Waals surface area contributed by atoms with Crippen LogP contribution >= 0.6 is 0 Å². The molecule has 7 heteroatoms. The highest BCUT2D eigenvalue weighted by Crippen LogP contribution is 2.22. The molecular formula is C14H20FNO4S. The zero-order chi connectivity index (χ0) is 16.4. The first-order valence-electron chi connectivity index (χ1n) is 6.57. The van der Waals surface area contributed by atoms with Crippen LogP contribution in [0.2, 0.25) is 0 Å². The topological polar surface area (TPSA) is 74.7 Å². The molecule has 1 aromatic carbocycles. The van der Waals surface area contributed by atoms with Gasteiger partial charge in [-0.2, -0.15) is 0 Å². The van der Waals surface area contributed by atoms with Crippen LogP contribution in [0, 0.1) is 18.7 Å². The maximum Gasteiger partial charge on any atom is 0.338 e. The molecule has 0 radical (unpaired) electrons. The number of hydrogen-bond acceptors (Lipinski definition) is 3. The fraction of sp³-hybridized carbons (Fsp3) is 0.500. The van der Waals surface area contributed by atoms with Gasteiger partial charge in [0.15, 0.2) is 0 Å². The van der Waals surface area contributed by atoms with Gasteiger partial charge in [0, 0.05) is 13.6 Å². The van der Waals surface area contributed by atoms with E-state index in [4.69, 9.17) is 5.11 Å². The van der Waals surface area contributed by atoms with Crippen molar-refractivity contribution in [3.05, 3.63) is 29.1 Å². The van der Waals surface area contributed by atoms with Crippen LogP contribution in [-0.2, 0) is 10.0 Å². The largest absolute Gasteiger partial charge is 0.478 e. The number of sulfonamides is 1. The molecule has 0 aliphatic carbocycles. The lowest BCUT2D eigenvalue weighted by Crippen LogP contribution is -2.29. The third-order valence-corrected chi connectivity index (χ3v) is 5.02.